The Morgan fingerprint density at radius 3 is 2.43 bits per heavy atom. The summed E-state index contributed by atoms with van der Waals surface area (Å²) in [5, 5.41) is 9.53. The summed E-state index contributed by atoms with van der Waals surface area (Å²) >= 11 is 0. The molecule has 3 heterocycles. The van der Waals surface area contributed by atoms with Gasteiger partial charge in [-0.15, -0.1) is 0 Å². The third kappa shape index (κ3) is 6.18. The molecule has 0 saturated heterocycles. The van der Waals surface area contributed by atoms with E-state index in [1.807, 2.05) is 79.8 Å². The van der Waals surface area contributed by atoms with Gasteiger partial charge in [0.15, 0.2) is 17.3 Å². The van der Waals surface area contributed by atoms with Gasteiger partial charge in [0.25, 0.3) is 0 Å². The largest absolute Gasteiger partial charge is 0.485 e. The van der Waals surface area contributed by atoms with Crippen molar-refractivity contribution in [3.8, 4) is 46.6 Å². The summed E-state index contributed by atoms with van der Waals surface area (Å²) in [6.07, 6.45) is 1.67. The number of aliphatic imine (C=N–C) groups is 1. The minimum Gasteiger partial charge on any atom is -0.485 e. The van der Waals surface area contributed by atoms with Gasteiger partial charge < -0.3 is 19.1 Å². The van der Waals surface area contributed by atoms with Crippen molar-refractivity contribution >= 4 is 5.84 Å². The van der Waals surface area contributed by atoms with Crippen molar-refractivity contribution in [2.45, 2.75) is 6.61 Å². The number of benzene rings is 3. The van der Waals surface area contributed by atoms with Crippen LogP contribution in [0.25, 0.3) is 11.5 Å². The van der Waals surface area contributed by atoms with E-state index in [9.17, 15) is 5.26 Å². The lowest BCUT2D eigenvalue weighted by Crippen LogP contribution is -2.23. The minimum absolute atomic E-state index is 0.205. The maximum Gasteiger partial charge on any atom is 0.226 e. The highest BCUT2D eigenvalue weighted by atomic mass is 16.5. The Hall–Kier alpha value is -5.75. The molecule has 0 radical (unpaired) electrons. The van der Waals surface area contributed by atoms with E-state index >= 15 is 0 Å². The first kappa shape index (κ1) is 26.5. The van der Waals surface area contributed by atoms with Gasteiger partial charge in [-0.3, -0.25) is 9.98 Å². The maximum atomic E-state index is 9.53. The number of ether oxygens (including phenoxy) is 3. The zero-order valence-electron chi connectivity index (χ0n) is 22.8. The first-order valence-corrected chi connectivity index (χ1v) is 13.4. The highest BCUT2D eigenvalue weighted by Crippen LogP contribution is 2.35. The van der Waals surface area contributed by atoms with E-state index in [4.69, 9.17) is 14.2 Å². The summed E-state index contributed by atoms with van der Waals surface area (Å²) in [5.41, 5.74) is 2.93. The summed E-state index contributed by atoms with van der Waals surface area (Å²) in [7, 11) is 2.02. The van der Waals surface area contributed by atoms with Crippen molar-refractivity contribution in [2.75, 3.05) is 20.1 Å². The van der Waals surface area contributed by atoms with Crippen molar-refractivity contribution in [1.82, 2.24) is 19.9 Å². The Kier molecular flexibility index (Phi) is 7.68. The number of rotatable bonds is 9. The second-order valence-corrected chi connectivity index (χ2v) is 9.49. The van der Waals surface area contributed by atoms with E-state index in [0.717, 1.165) is 30.1 Å². The van der Waals surface area contributed by atoms with Crippen molar-refractivity contribution in [1.29, 1.82) is 5.26 Å². The Morgan fingerprint density at radius 1 is 0.833 bits per heavy atom. The van der Waals surface area contributed by atoms with Gasteiger partial charge in [0, 0.05) is 31.4 Å². The highest BCUT2D eigenvalue weighted by Gasteiger charge is 2.17. The van der Waals surface area contributed by atoms with Crippen LogP contribution in [0.5, 0.6) is 29.0 Å². The standard InChI is InChI=1S/C33H26N6O3/c1-39-17-16-36-33(39)25-10-7-11-26(19-25)41-30-20-31(38-32(37-30)27-12-5-6-15-35-27)42-29-18-24(21-34)13-14-28(29)40-22-23-8-3-2-4-9-23/h2-15,18-20H,16-17,22H2,1H3. The Morgan fingerprint density at radius 2 is 1.67 bits per heavy atom. The second kappa shape index (κ2) is 12.2. The van der Waals surface area contributed by atoms with Gasteiger partial charge in [0.05, 0.1) is 24.2 Å². The molecular weight excluding hydrogens is 528 g/mol. The van der Waals surface area contributed by atoms with E-state index in [1.165, 1.54) is 0 Å². The zero-order valence-corrected chi connectivity index (χ0v) is 22.8. The predicted octanol–water partition coefficient (Wildman–Crippen LogP) is 6.27. The van der Waals surface area contributed by atoms with Crippen LogP contribution in [0.4, 0.5) is 0 Å². The van der Waals surface area contributed by atoms with E-state index in [0.29, 0.717) is 40.9 Å². The average Bonchev–Trinajstić information content (AvgIpc) is 3.47. The molecule has 2 aromatic heterocycles. The van der Waals surface area contributed by atoms with Crippen molar-refractivity contribution in [3.05, 3.63) is 120 Å². The highest BCUT2D eigenvalue weighted by molar-refractivity contribution is 5.99. The molecule has 0 atom stereocenters. The number of nitrogens with zero attached hydrogens (tertiary/aromatic N) is 6. The molecule has 0 N–H and O–H groups in total. The average molecular weight is 555 g/mol. The van der Waals surface area contributed by atoms with Crippen LogP contribution in [-0.2, 0) is 6.61 Å². The number of aromatic nitrogens is 3. The number of pyridine rings is 1. The van der Waals surface area contributed by atoms with Gasteiger partial charge >= 0.3 is 0 Å². The molecule has 9 heteroatoms. The molecular formula is C33H26N6O3. The monoisotopic (exact) mass is 554 g/mol. The third-order valence-corrected chi connectivity index (χ3v) is 6.47. The lowest BCUT2D eigenvalue weighted by atomic mass is 10.2. The van der Waals surface area contributed by atoms with Crippen LogP contribution >= 0.6 is 0 Å². The first-order chi connectivity index (χ1) is 20.6. The molecule has 0 aliphatic carbocycles. The molecule has 9 nitrogen and oxygen atoms in total. The molecule has 0 unspecified atom stereocenters. The van der Waals surface area contributed by atoms with E-state index in [2.05, 4.69) is 30.9 Å². The number of amidine groups is 1. The molecule has 0 spiro atoms. The SMILES string of the molecule is CN1CCN=C1c1cccc(Oc2cc(Oc3cc(C#N)ccc3OCc3ccccc3)nc(-c3ccccn3)n2)c1. The fourth-order valence-corrected chi connectivity index (χ4v) is 4.41. The molecule has 6 rings (SSSR count). The molecule has 206 valence electrons. The maximum absolute atomic E-state index is 9.53. The summed E-state index contributed by atoms with van der Waals surface area (Å²) in [6, 6.07) is 31.7. The van der Waals surface area contributed by atoms with Gasteiger partial charge in [-0.2, -0.15) is 15.2 Å². The summed E-state index contributed by atoms with van der Waals surface area (Å²) in [4.78, 5) is 20.3. The van der Waals surface area contributed by atoms with Crippen LogP contribution in [0.1, 0.15) is 16.7 Å². The predicted molar refractivity (Wildman–Crippen MR) is 158 cm³/mol. The molecule has 0 amide bonds. The number of likely N-dealkylation sites (N-methyl/N-ethyl adjacent to an activating group) is 1. The van der Waals surface area contributed by atoms with Crippen LogP contribution in [0.2, 0.25) is 0 Å². The molecule has 3 aromatic carbocycles. The second-order valence-electron chi connectivity index (χ2n) is 9.49. The van der Waals surface area contributed by atoms with E-state index in [-0.39, 0.29) is 11.8 Å². The van der Waals surface area contributed by atoms with Gasteiger partial charge in [-0.05, 0) is 42.0 Å². The molecule has 1 aliphatic heterocycles. The summed E-state index contributed by atoms with van der Waals surface area (Å²) in [6.45, 7) is 1.97. The molecule has 0 bridgehead atoms. The van der Waals surface area contributed by atoms with Crippen LogP contribution in [0.3, 0.4) is 0 Å². The molecule has 0 fully saturated rings. The van der Waals surface area contributed by atoms with E-state index < -0.39 is 0 Å². The smallest absolute Gasteiger partial charge is 0.226 e. The van der Waals surface area contributed by atoms with Gasteiger partial charge in [0.1, 0.15) is 23.9 Å². The third-order valence-electron chi connectivity index (χ3n) is 6.47. The fraction of sp³-hybridized carbons (Fsp3) is 0.121. The van der Waals surface area contributed by atoms with Crippen LogP contribution in [0, 0.1) is 11.3 Å². The topological polar surface area (TPSA) is 106 Å². The number of hydrogen-bond acceptors (Lipinski definition) is 9. The van der Waals surface area contributed by atoms with Crippen LogP contribution < -0.4 is 14.2 Å². The van der Waals surface area contributed by atoms with Gasteiger partial charge in [-0.25, -0.2) is 0 Å². The van der Waals surface area contributed by atoms with Gasteiger partial charge in [0.2, 0.25) is 11.8 Å². The van der Waals surface area contributed by atoms with Crippen molar-refractivity contribution in [3.63, 3.8) is 0 Å². The molecule has 5 aromatic rings. The Balaban J connectivity index is 1.33. The fourth-order valence-electron chi connectivity index (χ4n) is 4.41. The number of hydrogen-bond donors (Lipinski definition) is 0. The van der Waals surface area contributed by atoms with Crippen LogP contribution in [0.15, 0.2) is 108 Å². The van der Waals surface area contributed by atoms with Crippen molar-refractivity contribution < 1.29 is 14.2 Å². The molecule has 0 saturated carbocycles. The van der Waals surface area contributed by atoms with Crippen LogP contribution in [-0.4, -0.2) is 45.8 Å². The lowest BCUT2D eigenvalue weighted by Gasteiger charge is -2.15. The Bertz CT molecular complexity index is 1770. The first-order valence-electron chi connectivity index (χ1n) is 13.4. The minimum atomic E-state index is 0.205. The zero-order chi connectivity index (χ0) is 28.7. The lowest BCUT2D eigenvalue weighted by molar-refractivity contribution is 0.290. The Labute approximate surface area is 243 Å². The normalized spacial score (nSPS) is 12.4. The molecule has 42 heavy (non-hydrogen) atoms. The molecule has 1 aliphatic rings. The quantitative estimate of drug-likeness (QED) is 0.210. The number of nitriles is 1. The van der Waals surface area contributed by atoms with Gasteiger partial charge in [-0.1, -0.05) is 48.5 Å². The summed E-state index contributed by atoms with van der Waals surface area (Å²) < 4.78 is 18.5. The summed E-state index contributed by atoms with van der Waals surface area (Å²) in [5.74, 6) is 3.10. The van der Waals surface area contributed by atoms with E-state index in [1.54, 1.807) is 30.5 Å². The van der Waals surface area contributed by atoms with Crippen molar-refractivity contribution in [2.24, 2.45) is 4.99 Å².